The van der Waals surface area contributed by atoms with Crippen molar-refractivity contribution in [3.8, 4) is 5.75 Å². The van der Waals surface area contributed by atoms with E-state index in [1.807, 2.05) is 25.1 Å². The lowest BCUT2D eigenvalue weighted by molar-refractivity contribution is 0.156. The third kappa shape index (κ3) is 4.82. The molecule has 0 unspecified atom stereocenters. The minimum absolute atomic E-state index is 0.380. The van der Waals surface area contributed by atoms with Gasteiger partial charge in [-0.25, -0.2) is 4.79 Å². The molecular formula is C12H16N2O2S. The highest BCUT2D eigenvalue weighted by atomic mass is 32.1. The molecule has 1 aromatic carbocycles. The van der Waals surface area contributed by atoms with Crippen molar-refractivity contribution in [2.24, 2.45) is 5.73 Å². The summed E-state index contributed by atoms with van der Waals surface area (Å²) < 4.78 is 5.20. The van der Waals surface area contributed by atoms with Crippen LogP contribution in [0.3, 0.4) is 0 Å². The van der Waals surface area contributed by atoms with Crippen molar-refractivity contribution in [3.05, 3.63) is 30.3 Å². The summed E-state index contributed by atoms with van der Waals surface area (Å²) in [6.07, 6.45) is 0.127. The van der Waals surface area contributed by atoms with E-state index in [9.17, 15) is 4.79 Å². The second-order valence-corrected chi connectivity index (χ2v) is 4.00. The normalized spacial score (nSPS) is 9.71. The second kappa shape index (κ2) is 6.85. The minimum Gasteiger partial charge on any atom is -0.410 e. The summed E-state index contributed by atoms with van der Waals surface area (Å²) >= 11 is 4.78. The van der Waals surface area contributed by atoms with Gasteiger partial charge in [0.05, 0.1) is 4.99 Å². The van der Waals surface area contributed by atoms with Gasteiger partial charge in [-0.3, -0.25) is 0 Å². The molecule has 0 spiro atoms. The summed E-state index contributed by atoms with van der Waals surface area (Å²) in [6.45, 7) is 2.93. The molecule has 0 saturated carbocycles. The maximum Gasteiger partial charge on any atom is 0.415 e. The Morgan fingerprint density at radius 2 is 2.06 bits per heavy atom. The first-order valence-corrected chi connectivity index (χ1v) is 5.84. The highest BCUT2D eigenvalue weighted by molar-refractivity contribution is 7.80. The zero-order chi connectivity index (χ0) is 12.7. The van der Waals surface area contributed by atoms with Crippen LogP contribution >= 0.6 is 12.2 Å². The number of carbonyl (C=O) groups excluding carboxylic acids is 1. The second-order valence-electron chi connectivity index (χ2n) is 3.48. The highest BCUT2D eigenvalue weighted by Crippen LogP contribution is 2.10. The van der Waals surface area contributed by atoms with Crippen LogP contribution in [0.2, 0.25) is 0 Å². The first kappa shape index (κ1) is 13.4. The molecule has 2 N–H and O–H groups in total. The monoisotopic (exact) mass is 252 g/mol. The van der Waals surface area contributed by atoms with E-state index in [1.165, 1.54) is 0 Å². The average molecular weight is 252 g/mol. The third-order valence-corrected chi connectivity index (χ3v) is 2.42. The SMILES string of the molecule is CCN(CCC(N)=S)C(=O)Oc1ccccc1. The maximum absolute atomic E-state index is 11.8. The standard InChI is InChI=1S/C12H16N2O2S/c1-2-14(9-8-11(13)17)12(15)16-10-6-4-3-5-7-10/h3-7H,2,8-9H2,1H3,(H2,13,17). The molecule has 0 bridgehead atoms. The Hall–Kier alpha value is -1.62. The Balaban J connectivity index is 2.52. The molecule has 1 aromatic rings. The van der Waals surface area contributed by atoms with Crippen LogP contribution in [-0.2, 0) is 0 Å². The van der Waals surface area contributed by atoms with Crippen LogP contribution in [0, 0.1) is 0 Å². The molecule has 0 aromatic heterocycles. The number of nitrogens with zero attached hydrogens (tertiary/aromatic N) is 1. The van der Waals surface area contributed by atoms with E-state index in [1.54, 1.807) is 17.0 Å². The minimum atomic E-state index is -0.380. The van der Waals surface area contributed by atoms with Gasteiger partial charge in [0.1, 0.15) is 5.75 Å². The van der Waals surface area contributed by atoms with Gasteiger partial charge in [0, 0.05) is 19.5 Å². The number of para-hydroxylation sites is 1. The molecule has 0 aliphatic rings. The largest absolute Gasteiger partial charge is 0.415 e. The summed E-state index contributed by atoms with van der Waals surface area (Å²) in [5.74, 6) is 0.534. The quantitative estimate of drug-likeness (QED) is 0.816. The summed E-state index contributed by atoms with van der Waals surface area (Å²) in [6, 6.07) is 8.96. The van der Waals surface area contributed by atoms with Crippen molar-refractivity contribution >= 4 is 23.3 Å². The van der Waals surface area contributed by atoms with Crippen LogP contribution in [0.25, 0.3) is 0 Å². The predicted molar refractivity (Wildman–Crippen MR) is 71.1 cm³/mol. The van der Waals surface area contributed by atoms with Crippen LogP contribution in [0.4, 0.5) is 4.79 Å². The lowest BCUT2D eigenvalue weighted by atomic mass is 10.3. The summed E-state index contributed by atoms with van der Waals surface area (Å²) in [4.78, 5) is 13.7. The van der Waals surface area contributed by atoms with E-state index >= 15 is 0 Å². The molecule has 0 atom stereocenters. The van der Waals surface area contributed by atoms with Crippen LogP contribution in [0.15, 0.2) is 30.3 Å². The number of hydrogen-bond donors (Lipinski definition) is 1. The zero-order valence-electron chi connectivity index (χ0n) is 9.76. The van der Waals surface area contributed by atoms with Crippen molar-refractivity contribution in [2.45, 2.75) is 13.3 Å². The Morgan fingerprint density at radius 3 is 2.59 bits per heavy atom. The van der Waals surface area contributed by atoms with Gasteiger partial charge in [0.15, 0.2) is 0 Å². The molecular weight excluding hydrogens is 236 g/mol. The van der Waals surface area contributed by atoms with E-state index in [0.717, 1.165) is 0 Å². The molecule has 92 valence electrons. The summed E-state index contributed by atoms with van der Waals surface area (Å²) in [5, 5.41) is 0. The smallest absolute Gasteiger partial charge is 0.410 e. The molecule has 17 heavy (non-hydrogen) atoms. The Kier molecular flexibility index (Phi) is 5.42. The van der Waals surface area contributed by atoms with Crippen molar-refractivity contribution in [1.29, 1.82) is 0 Å². The number of benzene rings is 1. The van der Waals surface area contributed by atoms with Gasteiger partial charge in [0.2, 0.25) is 0 Å². The summed E-state index contributed by atoms with van der Waals surface area (Å²) in [7, 11) is 0. The van der Waals surface area contributed by atoms with Crippen LogP contribution in [-0.4, -0.2) is 29.1 Å². The van der Waals surface area contributed by atoms with Crippen molar-refractivity contribution < 1.29 is 9.53 Å². The van der Waals surface area contributed by atoms with Gasteiger partial charge < -0.3 is 15.4 Å². The van der Waals surface area contributed by atoms with Crippen molar-refractivity contribution in [1.82, 2.24) is 4.90 Å². The van der Waals surface area contributed by atoms with Crippen LogP contribution < -0.4 is 10.5 Å². The fourth-order valence-electron chi connectivity index (χ4n) is 1.28. The zero-order valence-corrected chi connectivity index (χ0v) is 10.6. The van der Waals surface area contributed by atoms with Crippen LogP contribution in [0.1, 0.15) is 13.3 Å². The Morgan fingerprint density at radius 1 is 1.41 bits per heavy atom. The highest BCUT2D eigenvalue weighted by Gasteiger charge is 2.13. The Labute approximate surface area is 106 Å². The van der Waals surface area contributed by atoms with E-state index in [-0.39, 0.29) is 6.09 Å². The van der Waals surface area contributed by atoms with Gasteiger partial charge in [-0.1, -0.05) is 30.4 Å². The molecule has 0 saturated heterocycles. The average Bonchev–Trinajstić information content (AvgIpc) is 2.30. The number of ether oxygens (including phenoxy) is 1. The van der Waals surface area contributed by atoms with Gasteiger partial charge in [-0.2, -0.15) is 0 Å². The molecule has 1 amide bonds. The Bertz CT molecular complexity index is 381. The molecule has 5 heteroatoms. The predicted octanol–water partition coefficient (Wildman–Crippen LogP) is 2.18. The lowest BCUT2D eigenvalue weighted by Crippen LogP contribution is -2.35. The third-order valence-electron chi connectivity index (χ3n) is 2.22. The number of carbonyl (C=O) groups is 1. The topological polar surface area (TPSA) is 55.6 Å². The lowest BCUT2D eigenvalue weighted by Gasteiger charge is -2.19. The number of hydrogen-bond acceptors (Lipinski definition) is 3. The van der Waals surface area contributed by atoms with E-state index in [4.69, 9.17) is 22.7 Å². The fourth-order valence-corrected chi connectivity index (χ4v) is 1.37. The van der Waals surface area contributed by atoms with Crippen LogP contribution in [0.5, 0.6) is 5.75 Å². The van der Waals surface area contributed by atoms with E-state index in [0.29, 0.717) is 30.2 Å². The van der Waals surface area contributed by atoms with Gasteiger partial charge in [0.25, 0.3) is 0 Å². The molecule has 4 nitrogen and oxygen atoms in total. The molecule has 0 fully saturated rings. The summed E-state index contributed by atoms with van der Waals surface area (Å²) in [5.41, 5.74) is 5.40. The number of rotatable bonds is 5. The molecule has 0 aliphatic carbocycles. The molecule has 0 aliphatic heterocycles. The first-order valence-electron chi connectivity index (χ1n) is 5.43. The van der Waals surface area contributed by atoms with Crippen molar-refractivity contribution in [2.75, 3.05) is 13.1 Å². The first-order chi connectivity index (χ1) is 8.13. The fraction of sp³-hybridized carbons (Fsp3) is 0.333. The van der Waals surface area contributed by atoms with Gasteiger partial charge in [-0.05, 0) is 19.1 Å². The van der Waals surface area contributed by atoms with Gasteiger partial charge >= 0.3 is 6.09 Å². The van der Waals surface area contributed by atoms with E-state index in [2.05, 4.69) is 0 Å². The maximum atomic E-state index is 11.8. The van der Waals surface area contributed by atoms with Crippen molar-refractivity contribution in [3.63, 3.8) is 0 Å². The van der Waals surface area contributed by atoms with Gasteiger partial charge in [-0.15, -0.1) is 0 Å². The number of amides is 1. The molecule has 0 radical (unpaired) electrons. The van der Waals surface area contributed by atoms with E-state index < -0.39 is 0 Å². The number of nitrogens with two attached hydrogens (primary N) is 1. The number of thiocarbonyl (C=S) groups is 1. The molecule has 0 heterocycles. The molecule has 1 rings (SSSR count).